The lowest BCUT2D eigenvalue weighted by Crippen LogP contribution is -2.46. The number of amides is 2. The number of nitrogens with zero attached hydrogens (tertiary/aromatic N) is 1. The number of aliphatic hydroxyl groups is 1. The van der Waals surface area contributed by atoms with Gasteiger partial charge in [0.1, 0.15) is 6.61 Å². The van der Waals surface area contributed by atoms with Crippen LogP contribution in [0.4, 0.5) is 4.79 Å². The molecule has 1 fully saturated rings. The van der Waals surface area contributed by atoms with Gasteiger partial charge in [-0.15, -0.1) is 0 Å². The molecule has 0 spiro atoms. The van der Waals surface area contributed by atoms with Gasteiger partial charge in [0.05, 0.1) is 18.1 Å². The van der Waals surface area contributed by atoms with Gasteiger partial charge in [0.25, 0.3) is 0 Å². The number of ketones is 1. The molecule has 2 amide bonds. The van der Waals surface area contributed by atoms with Crippen LogP contribution in [0.5, 0.6) is 0 Å². The Morgan fingerprint density at radius 3 is 2.50 bits per heavy atom. The first-order valence-electron chi connectivity index (χ1n) is 8.65. The molecule has 0 saturated carbocycles. The van der Waals surface area contributed by atoms with Crippen molar-refractivity contribution in [3.8, 4) is 0 Å². The number of ether oxygens (including phenoxy) is 1. The summed E-state index contributed by atoms with van der Waals surface area (Å²) in [5.74, 6) is -2.86. The summed E-state index contributed by atoms with van der Waals surface area (Å²) in [4.78, 5) is 38.5. The third-order valence-corrected chi connectivity index (χ3v) is 4.74. The molecule has 26 heavy (non-hydrogen) atoms. The van der Waals surface area contributed by atoms with Gasteiger partial charge in [0.2, 0.25) is 5.91 Å². The summed E-state index contributed by atoms with van der Waals surface area (Å²) >= 11 is 0. The molecule has 6 nitrogen and oxygen atoms in total. The monoisotopic (exact) mass is 359 g/mol. The lowest BCUT2D eigenvalue weighted by atomic mass is 9.87. The highest BCUT2D eigenvalue weighted by atomic mass is 16.6. The van der Waals surface area contributed by atoms with E-state index in [1.165, 1.54) is 6.92 Å². The Kier molecular flexibility index (Phi) is 6.32. The zero-order chi connectivity index (χ0) is 19.4. The predicted molar refractivity (Wildman–Crippen MR) is 96.3 cm³/mol. The standard InChI is InChI=1S/C20H25NO5/c1-12(2)17(22)13(3)18(23)14(4)19(24)21-16(11-26-20(21)25)10-15-8-6-5-7-9-15/h5-9,13-14,16-17,22H,1,10-11H2,2-4H3/t13-,14+,16+,17+/m1/s1. The molecule has 2 rings (SSSR count). The maximum absolute atomic E-state index is 12.8. The van der Waals surface area contributed by atoms with Gasteiger partial charge in [-0.3, -0.25) is 9.59 Å². The lowest BCUT2D eigenvalue weighted by molar-refractivity contribution is -0.141. The number of benzene rings is 1. The van der Waals surface area contributed by atoms with Crippen LogP contribution < -0.4 is 0 Å². The third kappa shape index (κ3) is 4.19. The van der Waals surface area contributed by atoms with Crippen molar-refractivity contribution in [2.45, 2.75) is 39.3 Å². The van der Waals surface area contributed by atoms with Gasteiger partial charge in [0.15, 0.2) is 5.78 Å². The van der Waals surface area contributed by atoms with Crippen LogP contribution >= 0.6 is 0 Å². The Hall–Kier alpha value is -2.47. The van der Waals surface area contributed by atoms with Gasteiger partial charge in [-0.2, -0.15) is 0 Å². The van der Waals surface area contributed by atoms with Crippen LogP contribution in [0.15, 0.2) is 42.5 Å². The van der Waals surface area contributed by atoms with E-state index in [2.05, 4.69) is 6.58 Å². The summed E-state index contributed by atoms with van der Waals surface area (Å²) in [5.41, 5.74) is 1.42. The molecule has 0 unspecified atom stereocenters. The Balaban J connectivity index is 2.13. The van der Waals surface area contributed by atoms with Crippen molar-refractivity contribution in [1.29, 1.82) is 0 Å². The summed E-state index contributed by atoms with van der Waals surface area (Å²) in [6.07, 6.45) is -1.30. The molecule has 1 N–H and O–H groups in total. The SMILES string of the molecule is C=C(C)[C@H](O)[C@@H](C)C(=O)[C@H](C)C(=O)N1C(=O)OC[C@@H]1Cc1ccccc1. The fourth-order valence-corrected chi connectivity index (χ4v) is 3.07. The molecular formula is C20H25NO5. The van der Waals surface area contributed by atoms with Crippen molar-refractivity contribution in [2.24, 2.45) is 11.8 Å². The quantitative estimate of drug-likeness (QED) is 0.597. The summed E-state index contributed by atoms with van der Waals surface area (Å²) in [6, 6.07) is 9.01. The van der Waals surface area contributed by atoms with Crippen LogP contribution in [0.25, 0.3) is 0 Å². The van der Waals surface area contributed by atoms with Gasteiger partial charge in [-0.05, 0) is 25.8 Å². The van der Waals surface area contributed by atoms with Gasteiger partial charge in [-0.1, -0.05) is 49.4 Å². The van der Waals surface area contributed by atoms with E-state index in [-0.39, 0.29) is 6.61 Å². The smallest absolute Gasteiger partial charge is 0.417 e. The molecular weight excluding hydrogens is 334 g/mol. The van der Waals surface area contributed by atoms with Crippen LogP contribution in [0.3, 0.4) is 0 Å². The zero-order valence-electron chi connectivity index (χ0n) is 15.3. The number of rotatable bonds is 7. The lowest BCUT2D eigenvalue weighted by Gasteiger charge is -2.25. The molecule has 1 aliphatic rings. The third-order valence-electron chi connectivity index (χ3n) is 4.74. The highest BCUT2D eigenvalue weighted by Crippen LogP contribution is 2.23. The van der Waals surface area contributed by atoms with E-state index < -0.39 is 41.8 Å². The second kappa shape index (κ2) is 8.27. The van der Waals surface area contributed by atoms with E-state index >= 15 is 0 Å². The average molecular weight is 359 g/mol. The summed E-state index contributed by atoms with van der Waals surface area (Å²) in [6.45, 7) is 8.37. The van der Waals surface area contributed by atoms with Crippen LogP contribution in [0, 0.1) is 11.8 Å². The van der Waals surface area contributed by atoms with Crippen LogP contribution in [-0.2, 0) is 20.7 Å². The minimum absolute atomic E-state index is 0.102. The molecule has 0 radical (unpaired) electrons. The van der Waals surface area contributed by atoms with Crippen molar-refractivity contribution in [2.75, 3.05) is 6.61 Å². The van der Waals surface area contributed by atoms with Crippen molar-refractivity contribution >= 4 is 17.8 Å². The molecule has 140 valence electrons. The highest BCUT2D eigenvalue weighted by Gasteiger charge is 2.42. The van der Waals surface area contributed by atoms with Crippen LogP contribution in [-0.4, -0.2) is 46.5 Å². The van der Waals surface area contributed by atoms with Crippen molar-refractivity contribution < 1.29 is 24.2 Å². The minimum atomic E-state index is -1.05. The van der Waals surface area contributed by atoms with E-state index in [1.54, 1.807) is 13.8 Å². The topological polar surface area (TPSA) is 83.9 Å². The Bertz CT molecular complexity index is 699. The molecule has 0 aliphatic carbocycles. The molecule has 4 atom stereocenters. The number of carbonyl (C=O) groups excluding carboxylic acids is 3. The molecule has 1 aliphatic heterocycles. The van der Waals surface area contributed by atoms with Crippen LogP contribution in [0.1, 0.15) is 26.3 Å². The van der Waals surface area contributed by atoms with E-state index in [1.807, 2.05) is 30.3 Å². The highest BCUT2D eigenvalue weighted by molar-refractivity contribution is 6.07. The average Bonchev–Trinajstić information content (AvgIpc) is 2.99. The van der Waals surface area contributed by atoms with Crippen molar-refractivity contribution in [3.63, 3.8) is 0 Å². The Labute approximate surface area is 153 Å². The van der Waals surface area contributed by atoms with Gasteiger partial charge in [-0.25, -0.2) is 9.69 Å². The second-order valence-corrected chi connectivity index (χ2v) is 6.83. The van der Waals surface area contributed by atoms with Crippen molar-refractivity contribution in [1.82, 2.24) is 4.90 Å². The number of Topliss-reactive ketones (excluding diaryl/α,β-unsaturated/α-hetero) is 1. The number of imide groups is 1. The molecule has 0 bridgehead atoms. The number of carbonyl (C=O) groups is 3. The Morgan fingerprint density at radius 1 is 1.31 bits per heavy atom. The predicted octanol–water partition coefficient (Wildman–Crippen LogP) is 2.35. The van der Waals surface area contributed by atoms with Crippen molar-refractivity contribution in [3.05, 3.63) is 48.0 Å². The summed E-state index contributed by atoms with van der Waals surface area (Å²) < 4.78 is 5.04. The fraction of sp³-hybridized carbons (Fsp3) is 0.450. The number of hydrogen-bond acceptors (Lipinski definition) is 5. The normalized spacial score (nSPS) is 20.2. The minimum Gasteiger partial charge on any atom is -0.447 e. The maximum atomic E-state index is 12.8. The number of cyclic esters (lactones) is 1. The van der Waals surface area contributed by atoms with Gasteiger partial charge < -0.3 is 9.84 Å². The van der Waals surface area contributed by atoms with E-state index in [9.17, 15) is 19.5 Å². The molecule has 0 aromatic heterocycles. The molecule has 1 heterocycles. The van der Waals surface area contributed by atoms with Gasteiger partial charge in [0, 0.05) is 5.92 Å². The van der Waals surface area contributed by atoms with E-state index in [0.29, 0.717) is 12.0 Å². The van der Waals surface area contributed by atoms with E-state index in [0.717, 1.165) is 10.5 Å². The fourth-order valence-electron chi connectivity index (χ4n) is 3.07. The first kappa shape index (κ1) is 19.8. The summed E-state index contributed by atoms with van der Waals surface area (Å²) in [5, 5.41) is 10.0. The molecule has 6 heteroatoms. The van der Waals surface area contributed by atoms with Crippen LogP contribution in [0.2, 0.25) is 0 Å². The Morgan fingerprint density at radius 2 is 1.92 bits per heavy atom. The largest absolute Gasteiger partial charge is 0.447 e. The molecule has 1 aromatic carbocycles. The summed E-state index contributed by atoms with van der Waals surface area (Å²) in [7, 11) is 0. The second-order valence-electron chi connectivity index (χ2n) is 6.83. The van der Waals surface area contributed by atoms with E-state index in [4.69, 9.17) is 4.74 Å². The number of hydrogen-bond donors (Lipinski definition) is 1. The maximum Gasteiger partial charge on any atom is 0.417 e. The molecule has 1 aromatic rings. The number of aliphatic hydroxyl groups excluding tert-OH is 1. The first-order chi connectivity index (χ1) is 12.2. The van der Waals surface area contributed by atoms with Gasteiger partial charge >= 0.3 is 6.09 Å². The first-order valence-corrected chi connectivity index (χ1v) is 8.65. The zero-order valence-corrected chi connectivity index (χ0v) is 15.3. The molecule has 1 saturated heterocycles.